The first kappa shape index (κ1) is 12.3. The average Bonchev–Trinajstić information content (AvgIpc) is 2.33. The monoisotopic (exact) mass is 360 g/mol. The molecule has 0 aliphatic rings. The molecule has 0 aromatic heterocycles. The van der Waals surface area contributed by atoms with Gasteiger partial charge in [0.15, 0.2) is 0 Å². The molecule has 0 amide bonds. The first-order valence-electron chi connectivity index (χ1n) is 4.80. The van der Waals surface area contributed by atoms with Crippen LogP contribution in [0.2, 0.25) is 5.02 Å². The van der Waals surface area contributed by atoms with Crippen LogP contribution in [0.3, 0.4) is 0 Å². The first-order chi connectivity index (χ1) is 8.15. The van der Waals surface area contributed by atoms with Gasteiger partial charge in [0.05, 0.1) is 0 Å². The van der Waals surface area contributed by atoms with Crippen molar-refractivity contribution in [1.29, 1.82) is 0 Å². The molecule has 0 spiro atoms. The van der Waals surface area contributed by atoms with Gasteiger partial charge in [-0.3, -0.25) is 0 Å². The summed E-state index contributed by atoms with van der Waals surface area (Å²) >= 11 is 5.51. The molecule has 3 nitrogen and oxygen atoms in total. The summed E-state index contributed by atoms with van der Waals surface area (Å²) in [6.45, 7) is 0. The molecule has 0 N–H and O–H groups in total. The molecule has 2 rings (SSSR count). The van der Waals surface area contributed by atoms with Gasteiger partial charge in [-0.2, -0.15) is 0 Å². The van der Waals surface area contributed by atoms with Crippen LogP contribution in [0.1, 0.15) is 0 Å². The minimum atomic E-state index is -0.385. The molecule has 2 aromatic carbocycles. The molecule has 2 aromatic rings. The zero-order valence-corrected chi connectivity index (χ0v) is 11.6. The topological polar surface area (TPSA) is 43.1 Å². The van der Waals surface area contributed by atoms with Gasteiger partial charge in [-0.05, 0) is 0 Å². The number of nitrogens with zero attached hydrogens (tertiary/aromatic N) is 1. The fourth-order valence-corrected chi connectivity index (χ4v) is 3.53. The zero-order chi connectivity index (χ0) is 12.3. The van der Waals surface area contributed by atoms with Crippen molar-refractivity contribution in [2.75, 3.05) is 0 Å². The predicted molar refractivity (Wildman–Crippen MR) is 61.9 cm³/mol. The van der Waals surface area contributed by atoms with E-state index in [4.69, 9.17) is 11.6 Å². The molecular formula is C12H8ClINO2-. The van der Waals surface area contributed by atoms with Gasteiger partial charge in [0.25, 0.3) is 0 Å². The van der Waals surface area contributed by atoms with E-state index in [1.807, 2.05) is 36.4 Å². The Balaban J connectivity index is 2.13. The molecule has 0 saturated carbocycles. The quantitative estimate of drug-likeness (QED) is 0.451. The third-order valence-electron chi connectivity index (χ3n) is 2.06. The van der Waals surface area contributed by atoms with E-state index in [2.05, 4.69) is 0 Å². The standard InChI is InChI=1S/C12H8ClINO2/c13-9-1-3-10(4-2-9)14-11-5-7-12(8-6-11)15(16)17/h1-8H/q-1. The van der Waals surface area contributed by atoms with Crippen LogP contribution < -0.4 is 21.2 Å². The third kappa shape index (κ3) is 3.41. The average molecular weight is 361 g/mol. The van der Waals surface area contributed by atoms with Gasteiger partial charge in [0.1, 0.15) is 0 Å². The predicted octanol–water partition coefficient (Wildman–Crippen LogP) is 0.377. The maximum atomic E-state index is 10.5. The summed E-state index contributed by atoms with van der Waals surface area (Å²) in [6.07, 6.45) is 0. The molecule has 0 heterocycles. The molecule has 0 bridgehead atoms. The number of halogens is 2. The van der Waals surface area contributed by atoms with E-state index in [1.54, 1.807) is 12.1 Å². The van der Waals surface area contributed by atoms with Crippen LogP contribution in [-0.4, -0.2) is 4.92 Å². The molecule has 0 atom stereocenters. The summed E-state index contributed by atoms with van der Waals surface area (Å²) in [6, 6.07) is 14.5. The molecule has 0 aliphatic carbocycles. The second-order valence-electron chi connectivity index (χ2n) is 3.26. The number of nitro groups is 1. The number of nitro benzene ring substituents is 1. The van der Waals surface area contributed by atoms with Crippen LogP contribution in [0.5, 0.6) is 0 Å². The summed E-state index contributed by atoms with van der Waals surface area (Å²) in [7, 11) is 0. The Morgan fingerprint density at radius 3 is 1.88 bits per heavy atom. The van der Waals surface area contributed by atoms with E-state index in [0.29, 0.717) is 0 Å². The summed E-state index contributed by atoms with van der Waals surface area (Å²) in [5.41, 5.74) is 0.133. The van der Waals surface area contributed by atoms with E-state index >= 15 is 0 Å². The van der Waals surface area contributed by atoms with E-state index in [0.717, 1.165) is 8.59 Å². The maximum absolute atomic E-state index is 10.5. The summed E-state index contributed by atoms with van der Waals surface area (Å²) in [5, 5.41) is 11.2. The SMILES string of the molecule is O=[N+]([O-])c1ccc([I-]c2ccc(Cl)cc2)cc1. The molecule has 0 radical (unpaired) electrons. The van der Waals surface area contributed by atoms with Crippen molar-refractivity contribution < 1.29 is 26.1 Å². The molecule has 0 aliphatic heterocycles. The Hall–Kier alpha value is -1.14. The van der Waals surface area contributed by atoms with E-state index in [9.17, 15) is 10.1 Å². The minimum absolute atomic E-state index is 0.133. The van der Waals surface area contributed by atoms with Crippen molar-refractivity contribution in [3.05, 3.63) is 70.8 Å². The zero-order valence-electron chi connectivity index (χ0n) is 8.64. The van der Waals surface area contributed by atoms with Crippen molar-refractivity contribution in [2.45, 2.75) is 0 Å². The Kier molecular flexibility index (Phi) is 3.96. The Morgan fingerprint density at radius 1 is 0.941 bits per heavy atom. The molecule has 5 heteroatoms. The van der Waals surface area contributed by atoms with Crippen LogP contribution >= 0.6 is 11.6 Å². The molecule has 17 heavy (non-hydrogen) atoms. The molecular weight excluding hydrogens is 352 g/mol. The number of rotatable bonds is 3. The summed E-state index contributed by atoms with van der Waals surface area (Å²) < 4.78 is 2.39. The number of hydrogen-bond acceptors (Lipinski definition) is 2. The fraction of sp³-hybridized carbons (Fsp3) is 0. The second kappa shape index (κ2) is 5.46. The summed E-state index contributed by atoms with van der Waals surface area (Å²) in [4.78, 5) is 10.1. The van der Waals surface area contributed by atoms with Gasteiger partial charge in [-0.25, -0.2) is 0 Å². The Bertz CT molecular complexity index is 525. The van der Waals surface area contributed by atoms with Crippen LogP contribution in [0.25, 0.3) is 0 Å². The van der Waals surface area contributed by atoms with E-state index < -0.39 is 0 Å². The number of benzene rings is 2. The first-order valence-corrected chi connectivity index (χ1v) is 7.33. The number of non-ortho nitro benzene ring substituents is 1. The fourth-order valence-electron chi connectivity index (χ4n) is 1.24. The van der Waals surface area contributed by atoms with Gasteiger partial charge in [-0.1, -0.05) is 0 Å². The third-order valence-corrected chi connectivity index (χ3v) is 5.00. The summed E-state index contributed by atoms with van der Waals surface area (Å²) in [5.74, 6) is 0. The Morgan fingerprint density at radius 2 is 1.41 bits per heavy atom. The normalized spacial score (nSPS) is 10.4. The molecule has 88 valence electrons. The van der Waals surface area contributed by atoms with Crippen LogP contribution in [0.4, 0.5) is 5.69 Å². The van der Waals surface area contributed by atoms with Crippen molar-refractivity contribution in [3.8, 4) is 0 Å². The van der Waals surface area contributed by atoms with Gasteiger partial charge in [-0.15, -0.1) is 0 Å². The van der Waals surface area contributed by atoms with E-state index in [-0.39, 0.29) is 31.8 Å². The van der Waals surface area contributed by atoms with Gasteiger partial charge >= 0.3 is 114 Å². The molecule has 0 fully saturated rings. The van der Waals surface area contributed by atoms with Crippen molar-refractivity contribution in [1.82, 2.24) is 0 Å². The van der Waals surface area contributed by atoms with Crippen molar-refractivity contribution >= 4 is 17.3 Å². The van der Waals surface area contributed by atoms with Gasteiger partial charge in [0.2, 0.25) is 0 Å². The van der Waals surface area contributed by atoms with Crippen LogP contribution in [-0.2, 0) is 0 Å². The Labute approximate surface area is 114 Å². The van der Waals surface area contributed by atoms with Gasteiger partial charge < -0.3 is 0 Å². The van der Waals surface area contributed by atoms with Crippen molar-refractivity contribution in [3.63, 3.8) is 0 Å². The number of hydrogen-bond donors (Lipinski definition) is 0. The van der Waals surface area contributed by atoms with Crippen molar-refractivity contribution in [2.24, 2.45) is 0 Å². The van der Waals surface area contributed by atoms with Crippen LogP contribution in [0.15, 0.2) is 48.5 Å². The molecule has 0 unspecified atom stereocenters. The van der Waals surface area contributed by atoms with Crippen LogP contribution in [0, 0.1) is 17.3 Å². The second-order valence-corrected chi connectivity index (χ2v) is 6.73. The van der Waals surface area contributed by atoms with E-state index in [1.165, 1.54) is 3.57 Å². The van der Waals surface area contributed by atoms with Gasteiger partial charge in [0, 0.05) is 0 Å². The molecule has 0 saturated heterocycles.